The smallest absolute Gasteiger partial charge is 0.323 e. The molecule has 0 unspecified atom stereocenters. The van der Waals surface area contributed by atoms with E-state index in [1.54, 1.807) is 54.6 Å². The molecule has 1 amide bonds. The van der Waals surface area contributed by atoms with Crippen molar-refractivity contribution < 1.29 is 14.7 Å². The quantitative estimate of drug-likeness (QED) is 0.501. The number of hydrogen-bond donors (Lipinski definition) is 1. The Balaban J connectivity index is 1.80. The fraction of sp³-hybridized carbons (Fsp3) is 0.0476. The summed E-state index contributed by atoms with van der Waals surface area (Å²) in [6.07, 6.45) is 0. The molecule has 0 spiro atoms. The Kier molecular flexibility index (Phi) is 4.22. The molecule has 0 saturated carbocycles. The van der Waals surface area contributed by atoms with Gasteiger partial charge in [0.2, 0.25) is 4.96 Å². The Hall–Kier alpha value is -4.18. The monoisotopic (exact) mass is 432 g/mol. The summed E-state index contributed by atoms with van der Waals surface area (Å²) >= 11 is 0.872. The van der Waals surface area contributed by atoms with Gasteiger partial charge in [-0.3, -0.25) is 24.1 Å². The van der Waals surface area contributed by atoms with E-state index in [-0.39, 0.29) is 20.8 Å². The first-order valence-corrected chi connectivity index (χ1v) is 9.94. The van der Waals surface area contributed by atoms with Crippen molar-refractivity contribution in [3.8, 4) is 11.3 Å². The van der Waals surface area contributed by atoms with Crippen LogP contribution in [0.5, 0.6) is 0 Å². The Bertz CT molecular complexity index is 1560. The highest BCUT2D eigenvalue weighted by molar-refractivity contribution is 7.15. The van der Waals surface area contributed by atoms with Gasteiger partial charge < -0.3 is 5.11 Å². The molecule has 1 aliphatic heterocycles. The first-order valence-electron chi connectivity index (χ1n) is 9.12. The molecule has 0 saturated heterocycles. The van der Waals surface area contributed by atoms with Crippen molar-refractivity contribution in [2.24, 2.45) is 0 Å². The zero-order valence-corrected chi connectivity index (χ0v) is 16.5. The number of fused-ring (bicyclic) bond motifs is 2. The number of rotatable bonds is 3. The molecule has 0 aliphatic carbocycles. The summed E-state index contributed by atoms with van der Waals surface area (Å²) in [5, 5.41) is 13.4. The van der Waals surface area contributed by atoms with E-state index in [0.717, 1.165) is 20.8 Å². The maximum absolute atomic E-state index is 13.2. The van der Waals surface area contributed by atoms with Gasteiger partial charge in [-0.05, 0) is 6.07 Å². The highest BCUT2D eigenvalue weighted by Crippen LogP contribution is 2.34. The molecule has 0 radical (unpaired) electrons. The number of carboxylic acid groups (broad SMARTS) is 1. The summed E-state index contributed by atoms with van der Waals surface area (Å²) < 4.78 is 1.06. The van der Waals surface area contributed by atoms with Crippen molar-refractivity contribution in [1.82, 2.24) is 14.6 Å². The zero-order valence-electron chi connectivity index (χ0n) is 15.7. The molecule has 5 rings (SSSR count). The summed E-state index contributed by atoms with van der Waals surface area (Å²) in [6, 6.07) is 15.3. The van der Waals surface area contributed by atoms with Crippen LogP contribution < -0.4 is 20.6 Å². The van der Waals surface area contributed by atoms with Crippen LogP contribution in [0.4, 0.5) is 5.69 Å². The predicted molar refractivity (Wildman–Crippen MR) is 113 cm³/mol. The van der Waals surface area contributed by atoms with Crippen LogP contribution in [0, 0.1) is 0 Å². The second-order valence-electron chi connectivity index (χ2n) is 6.74. The van der Waals surface area contributed by atoms with Gasteiger partial charge in [0.15, 0.2) is 5.69 Å². The number of anilines is 1. The molecule has 3 heterocycles. The van der Waals surface area contributed by atoms with E-state index in [1.165, 1.54) is 0 Å². The van der Waals surface area contributed by atoms with E-state index in [1.807, 2.05) is 0 Å². The molecule has 1 aliphatic rings. The summed E-state index contributed by atoms with van der Waals surface area (Å²) in [6.45, 7) is -0.537. The third kappa shape index (κ3) is 2.92. The van der Waals surface area contributed by atoms with Gasteiger partial charge in [0.05, 0.1) is 11.3 Å². The molecule has 2 aromatic carbocycles. The maximum atomic E-state index is 13.2. The molecule has 0 atom stereocenters. The number of carbonyl (C=O) groups excluding carboxylic acids is 1. The van der Waals surface area contributed by atoms with E-state index < -0.39 is 29.5 Å². The average molecular weight is 432 g/mol. The van der Waals surface area contributed by atoms with Gasteiger partial charge in [-0.1, -0.05) is 59.9 Å². The average Bonchev–Trinajstić information content (AvgIpc) is 3.21. The molecule has 0 bridgehead atoms. The number of thiazole rings is 1. The number of para-hydroxylation sites is 1. The van der Waals surface area contributed by atoms with E-state index in [4.69, 9.17) is 0 Å². The molecule has 152 valence electrons. The lowest BCUT2D eigenvalue weighted by atomic mass is 10.1. The number of aromatic nitrogens is 3. The molecule has 31 heavy (non-hydrogen) atoms. The molecular formula is C21H12N4O5S. The fourth-order valence-corrected chi connectivity index (χ4v) is 4.52. The van der Waals surface area contributed by atoms with E-state index in [9.17, 15) is 24.3 Å². The molecular weight excluding hydrogens is 420 g/mol. The first-order chi connectivity index (χ1) is 15.0. The lowest BCUT2D eigenvalue weighted by molar-refractivity contribution is -0.136. The molecule has 4 aromatic rings. The van der Waals surface area contributed by atoms with Crippen LogP contribution in [-0.4, -0.2) is 38.1 Å². The van der Waals surface area contributed by atoms with Gasteiger partial charge >= 0.3 is 11.5 Å². The topological polar surface area (TPSA) is 122 Å². The molecule has 9 nitrogen and oxygen atoms in total. The molecule has 2 aromatic heterocycles. The number of hydrogen-bond acceptors (Lipinski definition) is 7. The van der Waals surface area contributed by atoms with Gasteiger partial charge in [0.25, 0.3) is 11.5 Å². The van der Waals surface area contributed by atoms with Crippen molar-refractivity contribution in [1.29, 1.82) is 0 Å². The lowest BCUT2D eigenvalue weighted by Crippen LogP contribution is -2.35. The second-order valence-corrected chi connectivity index (χ2v) is 7.72. The van der Waals surface area contributed by atoms with Crippen molar-refractivity contribution in [2.45, 2.75) is 0 Å². The Morgan fingerprint density at radius 2 is 1.71 bits per heavy atom. The minimum absolute atomic E-state index is 0.0233. The van der Waals surface area contributed by atoms with Crippen molar-refractivity contribution in [3.63, 3.8) is 0 Å². The van der Waals surface area contributed by atoms with E-state index >= 15 is 0 Å². The van der Waals surface area contributed by atoms with Crippen LogP contribution in [0.3, 0.4) is 0 Å². The predicted octanol–water partition coefficient (Wildman–Crippen LogP) is 0.527. The normalized spacial score (nSPS) is 14.8. The summed E-state index contributed by atoms with van der Waals surface area (Å²) in [5.74, 6) is -1.78. The molecule has 1 N–H and O–H groups in total. The largest absolute Gasteiger partial charge is 0.480 e. The van der Waals surface area contributed by atoms with Gasteiger partial charge in [-0.15, -0.1) is 0 Å². The standard InChI is InChI=1S/C21H12N4O5S/c26-14(27)10-24-13-9-5-4-8-12(13)15(19(24)29)17-20(30)25-21(31-17)22-18(28)16(23-25)11-6-2-1-3-7-11/h1-9H,10H2,(H,26,27)/b17-15-. The van der Waals surface area contributed by atoms with Crippen LogP contribution in [-0.2, 0) is 9.59 Å². The minimum atomic E-state index is -1.18. The molecule has 10 heteroatoms. The number of carbonyl (C=O) groups is 2. The second kappa shape index (κ2) is 6.96. The number of benzene rings is 2. The first kappa shape index (κ1) is 18.8. The summed E-state index contributed by atoms with van der Waals surface area (Å²) in [7, 11) is 0. The Morgan fingerprint density at radius 1 is 1.00 bits per heavy atom. The number of aliphatic carboxylic acids is 1. The third-order valence-corrected chi connectivity index (χ3v) is 5.88. The minimum Gasteiger partial charge on any atom is -0.480 e. The van der Waals surface area contributed by atoms with Crippen LogP contribution in [0.15, 0.2) is 64.2 Å². The number of nitrogens with zero attached hydrogens (tertiary/aromatic N) is 4. The SMILES string of the molecule is O=C(O)CN1C(=O)/C(=c2\sc3nc(=O)c(-c4ccccc4)nn3c2=O)c2ccccc21. The van der Waals surface area contributed by atoms with Crippen LogP contribution >= 0.6 is 11.3 Å². The highest BCUT2D eigenvalue weighted by Gasteiger charge is 2.35. The van der Waals surface area contributed by atoms with Gasteiger partial charge in [-0.25, -0.2) is 0 Å². The third-order valence-electron chi connectivity index (χ3n) is 4.85. The summed E-state index contributed by atoms with van der Waals surface area (Å²) in [5.41, 5.74) is 0.285. The van der Waals surface area contributed by atoms with Crippen LogP contribution in [0.1, 0.15) is 5.56 Å². The zero-order chi connectivity index (χ0) is 21.7. The molecule has 0 fully saturated rings. The summed E-state index contributed by atoms with van der Waals surface area (Å²) in [4.78, 5) is 55.1. The number of carboxylic acids is 1. The van der Waals surface area contributed by atoms with E-state index in [0.29, 0.717) is 16.8 Å². The van der Waals surface area contributed by atoms with E-state index in [2.05, 4.69) is 10.1 Å². The van der Waals surface area contributed by atoms with Crippen molar-refractivity contribution in [2.75, 3.05) is 11.4 Å². The maximum Gasteiger partial charge on any atom is 0.323 e. The van der Waals surface area contributed by atoms with Crippen molar-refractivity contribution in [3.05, 3.63) is 85.4 Å². The van der Waals surface area contributed by atoms with Crippen LogP contribution in [0.2, 0.25) is 0 Å². The van der Waals surface area contributed by atoms with Gasteiger partial charge in [-0.2, -0.15) is 14.6 Å². The lowest BCUT2D eigenvalue weighted by Gasteiger charge is -2.13. The fourth-order valence-electron chi connectivity index (χ4n) is 3.53. The Morgan fingerprint density at radius 3 is 2.45 bits per heavy atom. The number of amides is 1. The highest BCUT2D eigenvalue weighted by atomic mass is 32.1. The Labute approximate surface area is 177 Å². The van der Waals surface area contributed by atoms with Gasteiger partial charge in [0, 0.05) is 11.1 Å². The van der Waals surface area contributed by atoms with Crippen molar-refractivity contribution >= 4 is 39.4 Å². The van der Waals surface area contributed by atoms with Crippen LogP contribution in [0.25, 0.3) is 21.8 Å². The van der Waals surface area contributed by atoms with Gasteiger partial charge in [0.1, 0.15) is 11.1 Å².